The third kappa shape index (κ3) is 1.65. The fourth-order valence-electron chi connectivity index (χ4n) is 1.60. The van der Waals surface area contributed by atoms with Gasteiger partial charge in [0, 0.05) is 5.56 Å². The zero-order chi connectivity index (χ0) is 11.0. The lowest BCUT2D eigenvalue weighted by molar-refractivity contribution is 0.353. The Morgan fingerprint density at radius 3 is 2.81 bits per heavy atom. The van der Waals surface area contributed by atoms with Crippen molar-refractivity contribution in [3.8, 4) is 11.4 Å². The Bertz CT molecular complexity index is 540. The summed E-state index contributed by atoms with van der Waals surface area (Å²) in [7, 11) is 0. The highest BCUT2D eigenvalue weighted by atomic mass is 16.6. The second-order valence-electron chi connectivity index (χ2n) is 3.70. The number of ether oxygens (including phenoxy) is 1. The quantitative estimate of drug-likeness (QED) is 0.718. The van der Waals surface area contributed by atoms with E-state index in [1.54, 1.807) is 0 Å². The zero-order valence-corrected chi connectivity index (χ0v) is 8.50. The lowest BCUT2D eigenvalue weighted by Crippen LogP contribution is -2.18. The molecule has 82 valence electrons. The molecule has 0 unspecified atom stereocenters. The van der Waals surface area contributed by atoms with Crippen LogP contribution in [0.4, 0.5) is 0 Å². The number of epoxide rings is 1. The molecule has 5 nitrogen and oxygen atoms in total. The maximum Gasteiger partial charge on any atom is 0.441 e. The van der Waals surface area contributed by atoms with Gasteiger partial charge in [-0.25, -0.2) is 4.79 Å². The maximum atomic E-state index is 11.5. The highest BCUT2D eigenvalue weighted by Gasteiger charge is 2.26. The topological polar surface area (TPSA) is 60.6 Å². The Balaban J connectivity index is 2.03. The first-order valence-electron chi connectivity index (χ1n) is 5.08. The Labute approximate surface area is 91.2 Å². The molecule has 1 aliphatic rings. The van der Waals surface area contributed by atoms with Crippen molar-refractivity contribution < 1.29 is 9.26 Å². The number of hydrogen-bond donors (Lipinski definition) is 0. The Hall–Kier alpha value is -1.88. The van der Waals surface area contributed by atoms with Crippen LogP contribution in [-0.2, 0) is 11.3 Å². The predicted molar refractivity (Wildman–Crippen MR) is 55.9 cm³/mol. The smallest absolute Gasteiger partial charge is 0.371 e. The van der Waals surface area contributed by atoms with E-state index in [1.165, 1.54) is 4.57 Å². The van der Waals surface area contributed by atoms with Crippen molar-refractivity contribution in [2.75, 3.05) is 6.61 Å². The molecule has 3 rings (SSSR count). The summed E-state index contributed by atoms with van der Waals surface area (Å²) in [5.41, 5.74) is 0.869. The second kappa shape index (κ2) is 3.61. The normalized spacial score (nSPS) is 18.6. The standard InChI is InChI=1S/C11H10N2O3/c14-11-13(6-9-7-15-9)10(12-16-11)8-4-2-1-3-5-8/h1-5,9H,6-7H2/t9-/m0/s1. The molecule has 0 bridgehead atoms. The summed E-state index contributed by atoms with van der Waals surface area (Å²) in [6, 6.07) is 9.48. The minimum absolute atomic E-state index is 0.125. The van der Waals surface area contributed by atoms with E-state index in [1.807, 2.05) is 30.3 Å². The molecule has 0 N–H and O–H groups in total. The molecule has 5 heteroatoms. The highest BCUT2D eigenvalue weighted by Crippen LogP contribution is 2.18. The molecular formula is C11H10N2O3. The Kier molecular flexibility index (Phi) is 2.11. The molecule has 2 aromatic rings. The van der Waals surface area contributed by atoms with E-state index in [2.05, 4.69) is 9.68 Å². The molecule has 1 saturated heterocycles. The van der Waals surface area contributed by atoms with Gasteiger partial charge in [0.2, 0.25) is 0 Å². The predicted octanol–water partition coefficient (Wildman–Crippen LogP) is 0.902. The summed E-state index contributed by atoms with van der Waals surface area (Å²) < 4.78 is 11.3. The number of aromatic nitrogens is 2. The molecule has 0 spiro atoms. The van der Waals surface area contributed by atoms with Crippen molar-refractivity contribution in [3.05, 3.63) is 40.9 Å². The number of hydrogen-bond acceptors (Lipinski definition) is 4. The third-order valence-corrected chi connectivity index (χ3v) is 2.51. The molecule has 0 saturated carbocycles. The zero-order valence-electron chi connectivity index (χ0n) is 8.50. The highest BCUT2D eigenvalue weighted by molar-refractivity contribution is 5.54. The molecule has 1 aliphatic heterocycles. The lowest BCUT2D eigenvalue weighted by Gasteiger charge is -2.01. The van der Waals surface area contributed by atoms with E-state index < -0.39 is 5.76 Å². The van der Waals surface area contributed by atoms with Gasteiger partial charge in [-0.15, -0.1) is 0 Å². The van der Waals surface area contributed by atoms with Crippen molar-refractivity contribution in [2.24, 2.45) is 0 Å². The first-order chi connectivity index (χ1) is 7.84. The maximum absolute atomic E-state index is 11.5. The third-order valence-electron chi connectivity index (χ3n) is 2.51. The van der Waals surface area contributed by atoms with Crippen LogP contribution in [0.15, 0.2) is 39.6 Å². The van der Waals surface area contributed by atoms with Crippen LogP contribution in [0.1, 0.15) is 0 Å². The van der Waals surface area contributed by atoms with Gasteiger partial charge in [0.05, 0.1) is 19.3 Å². The summed E-state index contributed by atoms with van der Waals surface area (Å²) in [4.78, 5) is 11.5. The molecule has 16 heavy (non-hydrogen) atoms. The van der Waals surface area contributed by atoms with Crippen molar-refractivity contribution in [3.63, 3.8) is 0 Å². The second-order valence-corrected chi connectivity index (χ2v) is 3.70. The first kappa shape index (κ1) is 9.35. The van der Waals surface area contributed by atoms with Gasteiger partial charge in [-0.1, -0.05) is 35.5 Å². The van der Waals surface area contributed by atoms with Gasteiger partial charge >= 0.3 is 5.76 Å². The molecule has 1 atom stereocenters. The van der Waals surface area contributed by atoms with Gasteiger partial charge in [0.25, 0.3) is 0 Å². The average molecular weight is 218 g/mol. The van der Waals surface area contributed by atoms with Crippen LogP contribution in [0.25, 0.3) is 11.4 Å². The van der Waals surface area contributed by atoms with Crippen LogP contribution in [0.5, 0.6) is 0 Å². The van der Waals surface area contributed by atoms with Gasteiger partial charge in [-0.3, -0.25) is 9.09 Å². The molecule has 0 radical (unpaired) electrons. The Morgan fingerprint density at radius 1 is 1.38 bits per heavy atom. The van der Waals surface area contributed by atoms with Crippen LogP contribution in [0.2, 0.25) is 0 Å². The van der Waals surface area contributed by atoms with E-state index in [0.29, 0.717) is 19.0 Å². The SMILES string of the molecule is O=c1onc(-c2ccccc2)n1C[C@H]1CO1. The van der Waals surface area contributed by atoms with Gasteiger partial charge in [0.15, 0.2) is 5.82 Å². The molecule has 1 fully saturated rings. The molecular weight excluding hydrogens is 208 g/mol. The van der Waals surface area contributed by atoms with Crippen molar-refractivity contribution in [1.82, 2.24) is 9.72 Å². The minimum Gasteiger partial charge on any atom is -0.371 e. The summed E-state index contributed by atoms with van der Waals surface area (Å²) >= 11 is 0. The van der Waals surface area contributed by atoms with E-state index in [9.17, 15) is 4.79 Å². The van der Waals surface area contributed by atoms with E-state index in [4.69, 9.17) is 4.74 Å². The minimum atomic E-state index is -0.436. The van der Waals surface area contributed by atoms with Crippen molar-refractivity contribution in [2.45, 2.75) is 12.6 Å². The van der Waals surface area contributed by atoms with Crippen molar-refractivity contribution in [1.29, 1.82) is 0 Å². The van der Waals surface area contributed by atoms with Crippen LogP contribution in [0.3, 0.4) is 0 Å². The summed E-state index contributed by atoms with van der Waals surface area (Å²) in [6.45, 7) is 1.21. The molecule has 0 aliphatic carbocycles. The summed E-state index contributed by atoms with van der Waals surface area (Å²) in [6.07, 6.45) is 0.125. The number of nitrogens with zero attached hydrogens (tertiary/aromatic N) is 2. The summed E-state index contributed by atoms with van der Waals surface area (Å²) in [5, 5.41) is 3.79. The fourth-order valence-corrected chi connectivity index (χ4v) is 1.60. The molecule has 1 aromatic heterocycles. The molecule has 0 amide bonds. The number of benzene rings is 1. The van der Waals surface area contributed by atoms with Crippen LogP contribution in [-0.4, -0.2) is 22.4 Å². The summed E-state index contributed by atoms with van der Waals surface area (Å²) in [5.74, 6) is 0.121. The number of rotatable bonds is 3. The van der Waals surface area contributed by atoms with Gasteiger partial charge < -0.3 is 4.74 Å². The lowest BCUT2D eigenvalue weighted by atomic mass is 10.2. The first-order valence-corrected chi connectivity index (χ1v) is 5.08. The van der Waals surface area contributed by atoms with E-state index in [0.717, 1.165) is 5.56 Å². The van der Waals surface area contributed by atoms with E-state index in [-0.39, 0.29) is 6.10 Å². The van der Waals surface area contributed by atoms with Gasteiger partial charge in [-0.2, -0.15) is 0 Å². The van der Waals surface area contributed by atoms with Gasteiger partial charge in [0.1, 0.15) is 0 Å². The van der Waals surface area contributed by atoms with Crippen LogP contribution < -0.4 is 5.76 Å². The monoisotopic (exact) mass is 218 g/mol. The average Bonchev–Trinajstić information content (AvgIpc) is 3.06. The Morgan fingerprint density at radius 2 is 2.12 bits per heavy atom. The van der Waals surface area contributed by atoms with Crippen LogP contribution >= 0.6 is 0 Å². The molecule has 1 aromatic carbocycles. The van der Waals surface area contributed by atoms with Crippen LogP contribution in [0, 0.1) is 0 Å². The largest absolute Gasteiger partial charge is 0.441 e. The van der Waals surface area contributed by atoms with Crippen molar-refractivity contribution >= 4 is 0 Å². The molecule has 2 heterocycles. The van der Waals surface area contributed by atoms with E-state index >= 15 is 0 Å². The van der Waals surface area contributed by atoms with Gasteiger partial charge in [-0.05, 0) is 0 Å². The fraction of sp³-hybridized carbons (Fsp3) is 0.273.